The predicted molar refractivity (Wildman–Crippen MR) is 76.1 cm³/mol. The van der Waals surface area contributed by atoms with E-state index >= 15 is 0 Å². The van der Waals surface area contributed by atoms with E-state index in [-0.39, 0.29) is 11.4 Å². The molecule has 0 spiro atoms. The second-order valence-electron chi connectivity index (χ2n) is 4.51. The van der Waals surface area contributed by atoms with Crippen LogP contribution in [0.2, 0.25) is 0 Å². The highest BCUT2D eigenvalue weighted by molar-refractivity contribution is 9.10. The number of nitrogens with one attached hydrogen (secondary N) is 1. The van der Waals surface area contributed by atoms with Crippen LogP contribution in [0.3, 0.4) is 0 Å². The Balaban J connectivity index is 2.58. The van der Waals surface area contributed by atoms with Crippen LogP contribution in [0.15, 0.2) is 34.8 Å². The van der Waals surface area contributed by atoms with E-state index in [1.807, 2.05) is 0 Å². The topological polar surface area (TPSA) is 12.0 Å². The SMILES string of the molecule is CNC(c1ccc(F)cc1C)c1c(F)cc(Br)cc1F. The van der Waals surface area contributed by atoms with Gasteiger partial charge in [0.05, 0.1) is 6.04 Å². The van der Waals surface area contributed by atoms with Gasteiger partial charge in [0.2, 0.25) is 0 Å². The molecule has 106 valence electrons. The molecule has 0 aromatic heterocycles. The molecule has 0 aliphatic rings. The molecule has 0 radical (unpaired) electrons. The lowest BCUT2D eigenvalue weighted by Gasteiger charge is -2.21. The van der Waals surface area contributed by atoms with Crippen molar-refractivity contribution in [3.8, 4) is 0 Å². The Hall–Kier alpha value is -1.33. The monoisotopic (exact) mass is 343 g/mol. The molecule has 0 aliphatic heterocycles. The first-order valence-corrected chi connectivity index (χ1v) is 6.81. The highest BCUT2D eigenvalue weighted by atomic mass is 79.9. The van der Waals surface area contributed by atoms with E-state index in [2.05, 4.69) is 21.2 Å². The van der Waals surface area contributed by atoms with Crippen LogP contribution in [-0.4, -0.2) is 7.05 Å². The molecule has 5 heteroatoms. The molecule has 1 unspecified atom stereocenters. The summed E-state index contributed by atoms with van der Waals surface area (Å²) in [5.41, 5.74) is 1.19. The molecule has 2 rings (SSSR count). The van der Waals surface area contributed by atoms with Crippen molar-refractivity contribution in [3.63, 3.8) is 0 Å². The molecule has 2 aromatic carbocycles. The third-order valence-electron chi connectivity index (χ3n) is 3.16. The van der Waals surface area contributed by atoms with Crippen molar-refractivity contribution in [2.24, 2.45) is 0 Å². The fraction of sp³-hybridized carbons (Fsp3) is 0.200. The van der Waals surface area contributed by atoms with E-state index in [1.54, 1.807) is 14.0 Å². The van der Waals surface area contributed by atoms with Crippen LogP contribution in [0.25, 0.3) is 0 Å². The van der Waals surface area contributed by atoms with Crippen molar-refractivity contribution < 1.29 is 13.2 Å². The van der Waals surface area contributed by atoms with Crippen molar-refractivity contribution in [1.29, 1.82) is 0 Å². The summed E-state index contributed by atoms with van der Waals surface area (Å²) in [6.45, 7) is 1.71. The van der Waals surface area contributed by atoms with E-state index in [0.717, 1.165) is 0 Å². The highest BCUT2D eigenvalue weighted by Crippen LogP contribution is 2.30. The fourth-order valence-corrected chi connectivity index (χ4v) is 2.65. The number of halogens is 4. The van der Waals surface area contributed by atoms with Crippen molar-refractivity contribution >= 4 is 15.9 Å². The van der Waals surface area contributed by atoms with Gasteiger partial charge in [0.1, 0.15) is 17.5 Å². The number of hydrogen-bond acceptors (Lipinski definition) is 1. The standard InChI is InChI=1S/C15H13BrF3N/c1-8-5-10(17)3-4-11(8)15(20-2)14-12(18)6-9(16)7-13(14)19/h3-7,15,20H,1-2H3. The Morgan fingerprint density at radius 2 is 1.65 bits per heavy atom. The summed E-state index contributed by atoms with van der Waals surface area (Å²) in [5.74, 6) is -1.68. The Labute approximate surface area is 123 Å². The van der Waals surface area contributed by atoms with E-state index in [1.165, 1.54) is 30.3 Å². The van der Waals surface area contributed by atoms with Crippen LogP contribution in [0.5, 0.6) is 0 Å². The molecule has 0 amide bonds. The third-order valence-corrected chi connectivity index (χ3v) is 3.62. The van der Waals surface area contributed by atoms with E-state index in [9.17, 15) is 13.2 Å². The average molecular weight is 344 g/mol. The Kier molecular flexibility index (Phi) is 4.50. The van der Waals surface area contributed by atoms with Gasteiger partial charge in [-0.05, 0) is 49.4 Å². The minimum atomic E-state index is -0.677. The van der Waals surface area contributed by atoms with Gasteiger partial charge in [0.15, 0.2) is 0 Å². The normalized spacial score (nSPS) is 12.5. The molecule has 1 nitrogen and oxygen atoms in total. The Bertz CT molecular complexity index is 620. The van der Waals surface area contributed by atoms with Crippen LogP contribution in [-0.2, 0) is 0 Å². The van der Waals surface area contributed by atoms with Crippen molar-refractivity contribution in [2.45, 2.75) is 13.0 Å². The Morgan fingerprint density at radius 1 is 1.05 bits per heavy atom. The molecule has 20 heavy (non-hydrogen) atoms. The molecule has 2 aromatic rings. The van der Waals surface area contributed by atoms with Gasteiger partial charge < -0.3 is 5.32 Å². The zero-order valence-corrected chi connectivity index (χ0v) is 12.6. The zero-order valence-electron chi connectivity index (χ0n) is 11.0. The largest absolute Gasteiger partial charge is 0.309 e. The van der Waals surface area contributed by atoms with Gasteiger partial charge in [-0.3, -0.25) is 0 Å². The lowest BCUT2D eigenvalue weighted by atomic mass is 9.94. The summed E-state index contributed by atoms with van der Waals surface area (Å²) >= 11 is 3.05. The maximum atomic E-state index is 14.1. The lowest BCUT2D eigenvalue weighted by molar-refractivity contribution is 0.519. The van der Waals surface area contributed by atoms with Gasteiger partial charge in [-0.2, -0.15) is 0 Å². The molecule has 0 saturated carbocycles. The van der Waals surface area contributed by atoms with Gasteiger partial charge >= 0.3 is 0 Å². The number of aryl methyl sites for hydroxylation is 1. The summed E-state index contributed by atoms with van der Waals surface area (Å²) in [6.07, 6.45) is 0. The highest BCUT2D eigenvalue weighted by Gasteiger charge is 2.22. The summed E-state index contributed by atoms with van der Waals surface area (Å²) < 4.78 is 41.6. The van der Waals surface area contributed by atoms with Gasteiger partial charge in [0, 0.05) is 10.0 Å². The number of rotatable bonds is 3. The first-order chi connectivity index (χ1) is 9.43. The summed E-state index contributed by atoms with van der Waals surface area (Å²) in [5, 5.41) is 2.88. The average Bonchev–Trinajstić information content (AvgIpc) is 2.34. The summed E-state index contributed by atoms with van der Waals surface area (Å²) in [6, 6.07) is 5.90. The second-order valence-corrected chi connectivity index (χ2v) is 5.42. The number of hydrogen-bond donors (Lipinski definition) is 1. The minimum absolute atomic E-state index is 0.0783. The first-order valence-electron chi connectivity index (χ1n) is 6.01. The van der Waals surface area contributed by atoms with Gasteiger partial charge in [-0.25, -0.2) is 13.2 Å². The molecule has 0 aliphatic carbocycles. The molecular formula is C15H13BrF3N. The smallest absolute Gasteiger partial charge is 0.132 e. The van der Waals surface area contributed by atoms with Crippen LogP contribution in [0, 0.1) is 24.4 Å². The second kappa shape index (κ2) is 5.97. The Morgan fingerprint density at radius 3 is 2.15 bits per heavy atom. The lowest BCUT2D eigenvalue weighted by Crippen LogP contribution is -2.21. The molecule has 0 bridgehead atoms. The quantitative estimate of drug-likeness (QED) is 0.866. The molecule has 0 heterocycles. The molecule has 0 fully saturated rings. The van der Waals surface area contributed by atoms with Crippen LogP contribution >= 0.6 is 15.9 Å². The van der Waals surface area contributed by atoms with E-state index in [4.69, 9.17) is 0 Å². The third kappa shape index (κ3) is 2.88. The van der Waals surface area contributed by atoms with E-state index in [0.29, 0.717) is 15.6 Å². The number of benzene rings is 2. The predicted octanol–water partition coefficient (Wildman–Crippen LogP) is 4.48. The van der Waals surface area contributed by atoms with Crippen LogP contribution in [0.4, 0.5) is 13.2 Å². The maximum absolute atomic E-state index is 14.1. The van der Waals surface area contributed by atoms with E-state index < -0.39 is 17.7 Å². The molecular weight excluding hydrogens is 331 g/mol. The zero-order chi connectivity index (χ0) is 14.9. The molecule has 1 atom stereocenters. The van der Waals surface area contributed by atoms with Crippen LogP contribution in [0.1, 0.15) is 22.7 Å². The fourth-order valence-electron chi connectivity index (χ4n) is 2.25. The van der Waals surface area contributed by atoms with Crippen LogP contribution < -0.4 is 5.32 Å². The minimum Gasteiger partial charge on any atom is -0.309 e. The van der Waals surface area contributed by atoms with Crippen molar-refractivity contribution in [1.82, 2.24) is 5.32 Å². The van der Waals surface area contributed by atoms with Gasteiger partial charge in [-0.15, -0.1) is 0 Å². The first kappa shape index (κ1) is 15.1. The van der Waals surface area contributed by atoms with Gasteiger partial charge in [0.25, 0.3) is 0 Å². The van der Waals surface area contributed by atoms with Crippen molar-refractivity contribution in [3.05, 3.63) is 68.9 Å². The maximum Gasteiger partial charge on any atom is 0.132 e. The molecule has 0 saturated heterocycles. The summed E-state index contributed by atoms with van der Waals surface area (Å²) in [4.78, 5) is 0. The molecule has 1 N–H and O–H groups in total. The van der Waals surface area contributed by atoms with Gasteiger partial charge in [-0.1, -0.05) is 22.0 Å². The van der Waals surface area contributed by atoms with Crippen molar-refractivity contribution in [2.75, 3.05) is 7.05 Å². The summed E-state index contributed by atoms with van der Waals surface area (Å²) in [7, 11) is 1.61.